The molecule has 5 nitrogen and oxygen atoms in total. The van der Waals surface area contributed by atoms with E-state index in [1.807, 2.05) is 12.1 Å². The van der Waals surface area contributed by atoms with Crippen molar-refractivity contribution in [3.05, 3.63) is 94.0 Å². The van der Waals surface area contributed by atoms with E-state index in [9.17, 15) is 10.1 Å². The zero-order chi connectivity index (χ0) is 21.5. The first-order chi connectivity index (χ1) is 14.5. The lowest BCUT2D eigenvalue weighted by Gasteiger charge is -2.12. The van der Waals surface area contributed by atoms with Crippen LogP contribution >= 0.6 is 11.6 Å². The Bertz CT molecular complexity index is 1150. The molecular formula is C24H18ClNO4. The van der Waals surface area contributed by atoms with Crippen molar-refractivity contribution in [2.75, 3.05) is 7.11 Å². The minimum absolute atomic E-state index is 0.193. The summed E-state index contributed by atoms with van der Waals surface area (Å²) in [7, 11) is 1.53. The zero-order valence-corrected chi connectivity index (χ0v) is 16.9. The molecule has 150 valence electrons. The highest BCUT2D eigenvalue weighted by molar-refractivity contribution is 6.30. The Kier molecular flexibility index (Phi) is 6.74. The maximum absolute atomic E-state index is 11.1. The van der Waals surface area contributed by atoms with Crippen LogP contribution in [-0.4, -0.2) is 18.2 Å². The number of ether oxygens (including phenoxy) is 2. The molecule has 30 heavy (non-hydrogen) atoms. The van der Waals surface area contributed by atoms with Crippen molar-refractivity contribution >= 4 is 29.2 Å². The number of nitrogens with zero attached hydrogens (tertiary/aromatic N) is 1. The van der Waals surface area contributed by atoms with Crippen LogP contribution in [0.15, 0.2) is 66.7 Å². The number of carboxylic acid groups (broad SMARTS) is 1. The molecule has 0 atom stereocenters. The first kappa shape index (κ1) is 21.0. The van der Waals surface area contributed by atoms with Crippen LogP contribution in [0.3, 0.4) is 0 Å². The Morgan fingerprint density at radius 2 is 1.83 bits per heavy atom. The highest BCUT2D eigenvalue weighted by Gasteiger charge is 2.09. The normalized spacial score (nSPS) is 10.9. The SMILES string of the molecule is COc1cc(/C=C(\C#N)c2cccc(Cl)c2)ccc1OCc1cccc(C(=O)O)c1. The summed E-state index contributed by atoms with van der Waals surface area (Å²) in [5.41, 5.74) is 2.90. The molecule has 3 rings (SSSR count). The zero-order valence-electron chi connectivity index (χ0n) is 16.1. The quantitative estimate of drug-likeness (QED) is 0.393. The number of hydrogen-bond donors (Lipinski definition) is 1. The predicted molar refractivity (Wildman–Crippen MR) is 116 cm³/mol. The molecule has 1 N–H and O–H groups in total. The van der Waals surface area contributed by atoms with Crippen molar-refractivity contribution in [1.82, 2.24) is 0 Å². The number of benzene rings is 3. The van der Waals surface area contributed by atoms with E-state index >= 15 is 0 Å². The van der Waals surface area contributed by atoms with E-state index in [2.05, 4.69) is 6.07 Å². The Morgan fingerprint density at radius 1 is 1.07 bits per heavy atom. The smallest absolute Gasteiger partial charge is 0.335 e. The molecule has 6 heteroatoms. The molecule has 0 unspecified atom stereocenters. The largest absolute Gasteiger partial charge is 0.493 e. The van der Waals surface area contributed by atoms with Gasteiger partial charge in [-0.1, -0.05) is 41.9 Å². The predicted octanol–water partition coefficient (Wildman–Crippen LogP) is 5.69. The van der Waals surface area contributed by atoms with Crippen molar-refractivity contribution in [2.24, 2.45) is 0 Å². The number of carbonyl (C=O) groups is 1. The van der Waals surface area contributed by atoms with E-state index in [4.69, 9.17) is 26.2 Å². The summed E-state index contributed by atoms with van der Waals surface area (Å²) in [6.45, 7) is 0.193. The summed E-state index contributed by atoms with van der Waals surface area (Å²) < 4.78 is 11.2. The van der Waals surface area contributed by atoms with Crippen LogP contribution in [0.5, 0.6) is 11.5 Å². The molecule has 0 saturated heterocycles. The van der Waals surface area contributed by atoms with Crippen LogP contribution in [0.1, 0.15) is 27.0 Å². The van der Waals surface area contributed by atoms with Crippen LogP contribution in [0.25, 0.3) is 11.6 Å². The fourth-order valence-corrected chi connectivity index (χ4v) is 3.04. The number of carboxylic acids is 1. The van der Waals surface area contributed by atoms with Gasteiger partial charge >= 0.3 is 5.97 Å². The second kappa shape index (κ2) is 9.64. The molecule has 0 fully saturated rings. The lowest BCUT2D eigenvalue weighted by molar-refractivity contribution is 0.0696. The Balaban J connectivity index is 1.82. The van der Waals surface area contributed by atoms with Crippen molar-refractivity contribution in [3.8, 4) is 17.6 Å². The summed E-state index contributed by atoms with van der Waals surface area (Å²) in [6.07, 6.45) is 1.74. The highest BCUT2D eigenvalue weighted by Crippen LogP contribution is 2.31. The molecular weight excluding hydrogens is 402 g/mol. The van der Waals surface area contributed by atoms with Gasteiger partial charge in [-0.3, -0.25) is 0 Å². The van der Waals surface area contributed by atoms with Crippen LogP contribution in [0, 0.1) is 11.3 Å². The molecule has 0 aliphatic heterocycles. The number of hydrogen-bond acceptors (Lipinski definition) is 4. The maximum atomic E-state index is 11.1. The fraction of sp³-hybridized carbons (Fsp3) is 0.0833. The second-order valence-corrected chi connectivity index (χ2v) is 6.82. The summed E-state index contributed by atoms with van der Waals surface area (Å²) in [5.74, 6) is 0.0248. The van der Waals surface area contributed by atoms with E-state index in [1.54, 1.807) is 54.6 Å². The van der Waals surface area contributed by atoms with E-state index in [-0.39, 0.29) is 12.2 Å². The third-order valence-corrected chi connectivity index (χ3v) is 4.56. The van der Waals surface area contributed by atoms with Gasteiger partial charge in [0, 0.05) is 5.02 Å². The second-order valence-electron chi connectivity index (χ2n) is 6.38. The number of rotatable bonds is 7. The van der Waals surface area contributed by atoms with E-state index in [1.165, 1.54) is 13.2 Å². The molecule has 0 bridgehead atoms. The summed E-state index contributed by atoms with van der Waals surface area (Å²) in [5, 5.41) is 19.2. The topological polar surface area (TPSA) is 79.5 Å². The molecule has 0 radical (unpaired) electrons. The van der Waals surface area contributed by atoms with Crippen molar-refractivity contribution in [3.63, 3.8) is 0 Å². The van der Waals surface area contributed by atoms with Crippen molar-refractivity contribution in [2.45, 2.75) is 6.61 Å². The van der Waals surface area contributed by atoms with Crippen molar-refractivity contribution < 1.29 is 19.4 Å². The van der Waals surface area contributed by atoms with E-state index in [0.29, 0.717) is 22.1 Å². The summed E-state index contributed by atoms with van der Waals surface area (Å²) >= 11 is 6.02. The van der Waals surface area contributed by atoms with Gasteiger partial charge in [0.15, 0.2) is 11.5 Å². The highest BCUT2D eigenvalue weighted by atomic mass is 35.5. The maximum Gasteiger partial charge on any atom is 0.335 e. The van der Waals surface area contributed by atoms with E-state index < -0.39 is 5.97 Å². The molecule has 0 saturated carbocycles. The standard InChI is InChI=1S/C24H18ClNO4/c1-29-23-12-16(10-20(14-26)18-5-3-7-21(25)13-18)8-9-22(23)30-15-17-4-2-6-19(11-17)24(27)28/h2-13H,15H2,1H3,(H,27,28)/b20-10+. The Hall–Kier alpha value is -3.75. The first-order valence-corrected chi connectivity index (χ1v) is 9.39. The minimum atomic E-state index is -0.987. The third kappa shape index (κ3) is 5.19. The molecule has 0 aliphatic rings. The molecule has 0 heterocycles. The van der Waals surface area contributed by atoms with Gasteiger partial charge in [0.1, 0.15) is 6.61 Å². The van der Waals surface area contributed by atoms with Gasteiger partial charge in [-0.2, -0.15) is 5.26 Å². The van der Waals surface area contributed by atoms with Crippen LogP contribution in [-0.2, 0) is 6.61 Å². The van der Waals surface area contributed by atoms with Gasteiger partial charge in [0.05, 0.1) is 24.3 Å². The average molecular weight is 420 g/mol. The molecule has 0 aliphatic carbocycles. The minimum Gasteiger partial charge on any atom is -0.493 e. The van der Waals surface area contributed by atoms with Crippen LogP contribution in [0.4, 0.5) is 0 Å². The van der Waals surface area contributed by atoms with Gasteiger partial charge in [-0.05, 0) is 59.2 Å². The molecule has 0 aromatic heterocycles. The van der Waals surface area contributed by atoms with Gasteiger partial charge < -0.3 is 14.6 Å². The van der Waals surface area contributed by atoms with Gasteiger partial charge in [-0.25, -0.2) is 4.79 Å². The van der Waals surface area contributed by atoms with E-state index in [0.717, 1.165) is 16.7 Å². The van der Waals surface area contributed by atoms with Gasteiger partial charge in [0.25, 0.3) is 0 Å². The summed E-state index contributed by atoms with van der Waals surface area (Å²) in [4.78, 5) is 11.1. The lowest BCUT2D eigenvalue weighted by atomic mass is 10.0. The molecule has 0 amide bonds. The molecule has 3 aromatic carbocycles. The van der Waals surface area contributed by atoms with Crippen LogP contribution in [0.2, 0.25) is 5.02 Å². The van der Waals surface area contributed by atoms with Crippen LogP contribution < -0.4 is 9.47 Å². The van der Waals surface area contributed by atoms with Gasteiger partial charge in [-0.15, -0.1) is 0 Å². The number of allylic oxidation sites excluding steroid dienone is 1. The monoisotopic (exact) mass is 419 g/mol. The fourth-order valence-electron chi connectivity index (χ4n) is 2.85. The third-order valence-electron chi connectivity index (χ3n) is 4.32. The first-order valence-electron chi connectivity index (χ1n) is 9.01. The average Bonchev–Trinajstić information content (AvgIpc) is 2.76. The molecule has 0 spiro atoms. The summed E-state index contributed by atoms with van der Waals surface area (Å²) in [6, 6.07) is 21.2. The van der Waals surface area contributed by atoms with Crippen molar-refractivity contribution in [1.29, 1.82) is 5.26 Å². The number of aromatic carboxylic acids is 1. The Labute approximate surface area is 179 Å². The number of methoxy groups -OCH3 is 1. The number of halogens is 1. The van der Waals surface area contributed by atoms with Gasteiger partial charge in [0.2, 0.25) is 0 Å². The molecule has 3 aromatic rings. The lowest BCUT2D eigenvalue weighted by Crippen LogP contribution is -2.01. The number of nitriles is 1. The Morgan fingerprint density at radius 3 is 2.53 bits per heavy atom.